The summed E-state index contributed by atoms with van der Waals surface area (Å²) in [5, 5.41) is 3.36. The van der Waals surface area contributed by atoms with Crippen molar-refractivity contribution < 1.29 is 9.53 Å². The number of carbonyl (C=O) groups excluding carboxylic acids is 1. The van der Waals surface area contributed by atoms with E-state index in [1.165, 1.54) is 0 Å². The average molecular weight is 227 g/mol. The third-order valence-corrected chi connectivity index (χ3v) is 3.77. The van der Waals surface area contributed by atoms with Gasteiger partial charge in [0.25, 0.3) is 0 Å². The summed E-state index contributed by atoms with van der Waals surface area (Å²) in [5.41, 5.74) is 0. The molecule has 1 fully saturated rings. The number of carbonyl (C=O) groups is 1. The Labute approximate surface area is 94.6 Å². The minimum atomic E-state index is 0.162. The fourth-order valence-electron chi connectivity index (χ4n) is 1.83. The molecule has 3 nitrogen and oxygen atoms in total. The second-order valence-corrected chi connectivity index (χ2v) is 5.06. The predicted molar refractivity (Wildman–Crippen MR) is 62.0 cm³/mol. The van der Waals surface area contributed by atoms with Crippen LogP contribution in [0.2, 0.25) is 0 Å². The van der Waals surface area contributed by atoms with Crippen molar-refractivity contribution in [1.82, 2.24) is 5.32 Å². The Balaban J connectivity index is 1.82. The summed E-state index contributed by atoms with van der Waals surface area (Å²) in [5.74, 6) is 2.96. The number of nitrogens with one attached hydrogen (secondary N) is 1. The first-order valence-corrected chi connectivity index (χ1v) is 6.69. The van der Waals surface area contributed by atoms with Crippen molar-refractivity contribution in [2.75, 3.05) is 24.7 Å². The summed E-state index contributed by atoms with van der Waals surface area (Å²) in [6, 6.07) is 0.336. The highest BCUT2D eigenvalue weighted by Gasteiger charge is 2.20. The van der Waals surface area contributed by atoms with Gasteiger partial charge in [-0.15, -0.1) is 0 Å². The summed E-state index contributed by atoms with van der Waals surface area (Å²) < 4.78 is 5.36. The number of ketones is 1. The average Bonchev–Trinajstić information content (AvgIpc) is 2.31. The molecular formula is C11H17NO2S. The molecule has 1 N–H and O–H groups in total. The minimum absolute atomic E-state index is 0.162. The fraction of sp³-hybridized carbons (Fsp3) is 0.727. The SMILES string of the molecule is O=C(CC1CSCCN1)C1=CCCCO1. The maximum atomic E-state index is 11.8. The predicted octanol–water partition coefficient (Wildman–Crippen LogP) is 1.34. The topological polar surface area (TPSA) is 38.3 Å². The highest BCUT2D eigenvalue weighted by molar-refractivity contribution is 7.99. The molecule has 2 rings (SSSR count). The van der Waals surface area contributed by atoms with Crippen molar-refractivity contribution in [3.63, 3.8) is 0 Å². The summed E-state index contributed by atoms with van der Waals surface area (Å²) >= 11 is 1.92. The highest BCUT2D eigenvalue weighted by atomic mass is 32.2. The van der Waals surface area contributed by atoms with Crippen LogP contribution >= 0.6 is 11.8 Å². The molecule has 0 amide bonds. The molecule has 0 radical (unpaired) electrons. The van der Waals surface area contributed by atoms with Gasteiger partial charge in [0.05, 0.1) is 6.61 Å². The largest absolute Gasteiger partial charge is 0.490 e. The van der Waals surface area contributed by atoms with Gasteiger partial charge in [-0.05, 0) is 18.9 Å². The maximum absolute atomic E-state index is 11.8. The van der Waals surface area contributed by atoms with Gasteiger partial charge in [0.15, 0.2) is 11.5 Å². The first-order valence-electron chi connectivity index (χ1n) is 5.53. The quantitative estimate of drug-likeness (QED) is 0.790. The Hall–Kier alpha value is -0.480. The number of allylic oxidation sites excluding steroid dienone is 2. The van der Waals surface area contributed by atoms with E-state index in [-0.39, 0.29) is 5.78 Å². The Bertz CT molecular complexity index is 259. The Kier molecular flexibility index (Phi) is 4.09. The number of ether oxygens (including phenoxy) is 1. The Morgan fingerprint density at radius 1 is 1.67 bits per heavy atom. The molecule has 2 aliphatic heterocycles. The molecule has 0 aromatic carbocycles. The summed E-state index contributed by atoms with van der Waals surface area (Å²) in [7, 11) is 0. The number of rotatable bonds is 3. The van der Waals surface area contributed by atoms with Crippen LogP contribution in [-0.2, 0) is 9.53 Å². The van der Waals surface area contributed by atoms with Gasteiger partial charge in [0.2, 0.25) is 0 Å². The first kappa shape index (κ1) is 11.0. The van der Waals surface area contributed by atoms with Crippen LogP contribution < -0.4 is 5.32 Å². The lowest BCUT2D eigenvalue weighted by atomic mass is 10.1. The monoisotopic (exact) mass is 227 g/mol. The van der Waals surface area contributed by atoms with Crippen LogP contribution in [-0.4, -0.2) is 36.5 Å². The second kappa shape index (κ2) is 5.56. The van der Waals surface area contributed by atoms with E-state index in [4.69, 9.17) is 4.74 Å². The van der Waals surface area contributed by atoms with Crippen LogP contribution in [0.15, 0.2) is 11.8 Å². The molecular weight excluding hydrogens is 210 g/mol. The molecule has 1 saturated heterocycles. The molecule has 2 aliphatic rings. The molecule has 4 heteroatoms. The molecule has 0 aliphatic carbocycles. The van der Waals surface area contributed by atoms with Gasteiger partial charge in [-0.3, -0.25) is 4.79 Å². The second-order valence-electron chi connectivity index (χ2n) is 3.91. The van der Waals surface area contributed by atoms with Gasteiger partial charge in [-0.2, -0.15) is 11.8 Å². The van der Waals surface area contributed by atoms with Crippen LogP contribution in [0.5, 0.6) is 0 Å². The molecule has 1 unspecified atom stereocenters. The summed E-state index contributed by atoms with van der Waals surface area (Å²) in [4.78, 5) is 11.8. The third kappa shape index (κ3) is 3.24. The molecule has 0 spiro atoms. The molecule has 1 atom stereocenters. The molecule has 2 heterocycles. The van der Waals surface area contributed by atoms with Crippen molar-refractivity contribution in [3.8, 4) is 0 Å². The van der Waals surface area contributed by atoms with E-state index < -0.39 is 0 Å². The van der Waals surface area contributed by atoms with Crippen molar-refractivity contribution in [3.05, 3.63) is 11.8 Å². The minimum Gasteiger partial charge on any atom is -0.490 e. The molecule has 0 aromatic heterocycles. The number of Topliss-reactive ketones (excluding diaryl/α,β-unsaturated/α-hetero) is 1. The highest BCUT2D eigenvalue weighted by Crippen LogP contribution is 2.16. The van der Waals surface area contributed by atoms with Crippen molar-refractivity contribution in [2.24, 2.45) is 0 Å². The lowest BCUT2D eigenvalue weighted by Gasteiger charge is -2.23. The number of hydrogen-bond donors (Lipinski definition) is 1. The molecule has 0 saturated carbocycles. The van der Waals surface area contributed by atoms with E-state index in [9.17, 15) is 4.79 Å². The smallest absolute Gasteiger partial charge is 0.198 e. The third-order valence-electron chi connectivity index (χ3n) is 2.64. The molecule has 0 aromatic rings. The van der Waals surface area contributed by atoms with E-state index >= 15 is 0 Å². The number of hydrogen-bond acceptors (Lipinski definition) is 4. The fourth-order valence-corrected chi connectivity index (χ4v) is 2.78. The molecule has 15 heavy (non-hydrogen) atoms. The normalized spacial score (nSPS) is 26.7. The van der Waals surface area contributed by atoms with Crippen LogP contribution in [0.1, 0.15) is 19.3 Å². The van der Waals surface area contributed by atoms with E-state index in [0.717, 1.165) is 30.9 Å². The summed E-state index contributed by atoms with van der Waals surface area (Å²) in [6.45, 7) is 1.72. The lowest BCUT2D eigenvalue weighted by molar-refractivity contribution is -0.119. The van der Waals surface area contributed by atoms with Gasteiger partial charge < -0.3 is 10.1 Å². The van der Waals surface area contributed by atoms with Gasteiger partial charge in [-0.25, -0.2) is 0 Å². The van der Waals surface area contributed by atoms with Crippen LogP contribution in [0.25, 0.3) is 0 Å². The Morgan fingerprint density at radius 3 is 3.27 bits per heavy atom. The van der Waals surface area contributed by atoms with Crippen molar-refractivity contribution in [2.45, 2.75) is 25.3 Å². The Morgan fingerprint density at radius 2 is 2.60 bits per heavy atom. The molecule has 0 bridgehead atoms. The maximum Gasteiger partial charge on any atom is 0.198 e. The first-order chi connectivity index (χ1) is 7.36. The van der Waals surface area contributed by atoms with Crippen LogP contribution in [0, 0.1) is 0 Å². The van der Waals surface area contributed by atoms with Crippen molar-refractivity contribution in [1.29, 1.82) is 0 Å². The van der Waals surface area contributed by atoms with E-state index in [2.05, 4.69) is 5.32 Å². The van der Waals surface area contributed by atoms with E-state index in [1.54, 1.807) is 0 Å². The zero-order valence-electron chi connectivity index (χ0n) is 8.83. The van der Waals surface area contributed by atoms with Gasteiger partial charge >= 0.3 is 0 Å². The van der Waals surface area contributed by atoms with Crippen molar-refractivity contribution >= 4 is 17.5 Å². The number of thioether (sulfide) groups is 1. The lowest BCUT2D eigenvalue weighted by Crippen LogP contribution is -2.39. The van der Waals surface area contributed by atoms with Gasteiger partial charge in [0.1, 0.15) is 0 Å². The van der Waals surface area contributed by atoms with E-state index in [1.807, 2.05) is 17.8 Å². The van der Waals surface area contributed by atoms with Crippen LogP contribution in [0.4, 0.5) is 0 Å². The standard InChI is InChI=1S/C11H17NO2S/c13-10(11-3-1-2-5-14-11)7-9-8-15-6-4-12-9/h3,9,12H,1-2,4-8H2. The van der Waals surface area contributed by atoms with Gasteiger partial charge in [-0.1, -0.05) is 0 Å². The van der Waals surface area contributed by atoms with E-state index in [0.29, 0.717) is 24.8 Å². The van der Waals surface area contributed by atoms with Crippen LogP contribution in [0.3, 0.4) is 0 Å². The zero-order chi connectivity index (χ0) is 10.5. The zero-order valence-corrected chi connectivity index (χ0v) is 9.65. The molecule has 84 valence electrons. The summed E-state index contributed by atoms with van der Waals surface area (Å²) in [6.07, 6.45) is 4.53. The van der Waals surface area contributed by atoms with Gasteiger partial charge in [0, 0.05) is 30.5 Å².